The van der Waals surface area contributed by atoms with Gasteiger partial charge in [-0.1, -0.05) is 36.4 Å². The van der Waals surface area contributed by atoms with E-state index < -0.39 is 5.56 Å². The quantitative estimate of drug-likeness (QED) is 0.521. The van der Waals surface area contributed by atoms with Crippen molar-refractivity contribution < 1.29 is 9.53 Å². The fourth-order valence-corrected chi connectivity index (χ4v) is 3.65. The molecule has 1 amide bonds. The third-order valence-corrected chi connectivity index (χ3v) is 5.15. The fourth-order valence-electron chi connectivity index (χ4n) is 3.65. The predicted molar refractivity (Wildman–Crippen MR) is 117 cm³/mol. The SMILES string of the molecule is COc1ccccc1CNC(=O)Cn1nc(C)c2c(C)n(-c3ccccc3)nc2c1=O. The Morgan fingerprint density at radius 1 is 1.03 bits per heavy atom. The maximum absolute atomic E-state index is 13.0. The molecule has 0 atom stereocenters. The van der Waals surface area contributed by atoms with Gasteiger partial charge in [-0.2, -0.15) is 10.2 Å². The molecule has 2 heterocycles. The Labute approximate surface area is 179 Å². The van der Waals surface area contributed by atoms with Crippen LogP contribution in [0.25, 0.3) is 16.6 Å². The number of hydrogen-bond donors (Lipinski definition) is 1. The average Bonchev–Trinajstić information content (AvgIpc) is 3.14. The summed E-state index contributed by atoms with van der Waals surface area (Å²) in [5.41, 5.74) is 3.08. The summed E-state index contributed by atoms with van der Waals surface area (Å²) < 4.78 is 8.19. The van der Waals surface area contributed by atoms with E-state index in [0.717, 1.165) is 21.6 Å². The number of hydrogen-bond acceptors (Lipinski definition) is 5. The number of aromatic nitrogens is 4. The third-order valence-electron chi connectivity index (χ3n) is 5.15. The summed E-state index contributed by atoms with van der Waals surface area (Å²) in [6, 6.07) is 17.0. The summed E-state index contributed by atoms with van der Waals surface area (Å²) in [7, 11) is 1.58. The Balaban J connectivity index is 1.60. The van der Waals surface area contributed by atoms with Crippen LogP contribution in [0.5, 0.6) is 5.75 Å². The van der Waals surface area contributed by atoms with Crippen LogP contribution in [-0.4, -0.2) is 32.6 Å². The van der Waals surface area contributed by atoms with Gasteiger partial charge in [0.2, 0.25) is 5.91 Å². The highest BCUT2D eigenvalue weighted by molar-refractivity contribution is 5.83. The van der Waals surface area contributed by atoms with Gasteiger partial charge < -0.3 is 10.1 Å². The summed E-state index contributed by atoms with van der Waals surface area (Å²) in [4.78, 5) is 25.5. The molecular formula is C23H23N5O3. The summed E-state index contributed by atoms with van der Waals surface area (Å²) in [5, 5.41) is 12.4. The first kappa shape index (κ1) is 20.3. The van der Waals surface area contributed by atoms with Crippen LogP contribution in [0.1, 0.15) is 17.0 Å². The zero-order valence-electron chi connectivity index (χ0n) is 17.6. The fraction of sp³-hybridized carbons (Fsp3) is 0.217. The normalized spacial score (nSPS) is 10.9. The Morgan fingerprint density at radius 3 is 2.48 bits per heavy atom. The molecule has 8 heteroatoms. The number of nitrogens with one attached hydrogen (secondary N) is 1. The van der Waals surface area contributed by atoms with Crippen molar-refractivity contribution in [1.29, 1.82) is 0 Å². The summed E-state index contributed by atoms with van der Waals surface area (Å²) in [6.07, 6.45) is 0. The number of aryl methyl sites for hydroxylation is 2. The summed E-state index contributed by atoms with van der Waals surface area (Å²) in [6.45, 7) is 3.82. The summed E-state index contributed by atoms with van der Waals surface area (Å²) >= 11 is 0. The highest BCUT2D eigenvalue weighted by Gasteiger charge is 2.18. The topological polar surface area (TPSA) is 91.0 Å². The lowest BCUT2D eigenvalue weighted by molar-refractivity contribution is -0.122. The van der Waals surface area contributed by atoms with Gasteiger partial charge in [0.1, 0.15) is 12.3 Å². The van der Waals surface area contributed by atoms with Gasteiger partial charge in [0.15, 0.2) is 5.52 Å². The number of nitrogens with zero attached hydrogens (tertiary/aromatic N) is 4. The summed E-state index contributed by atoms with van der Waals surface area (Å²) in [5.74, 6) is 0.371. The smallest absolute Gasteiger partial charge is 0.295 e. The van der Waals surface area contributed by atoms with Crippen molar-refractivity contribution in [3.63, 3.8) is 0 Å². The van der Waals surface area contributed by atoms with Gasteiger partial charge in [0.05, 0.1) is 29.6 Å². The molecule has 0 saturated heterocycles. The first-order valence-corrected chi connectivity index (χ1v) is 9.90. The van der Waals surface area contributed by atoms with Gasteiger partial charge in [0, 0.05) is 12.1 Å². The van der Waals surface area contributed by atoms with Gasteiger partial charge in [-0.3, -0.25) is 9.59 Å². The first-order chi connectivity index (χ1) is 15.0. The average molecular weight is 417 g/mol. The van der Waals surface area contributed by atoms with E-state index in [4.69, 9.17) is 4.74 Å². The lowest BCUT2D eigenvalue weighted by atomic mass is 10.2. The van der Waals surface area contributed by atoms with Gasteiger partial charge in [0.25, 0.3) is 5.56 Å². The largest absolute Gasteiger partial charge is 0.496 e. The van der Waals surface area contributed by atoms with E-state index in [2.05, 4.69) is 15.5 Å². The molecule has 0 saturated carbocycles. The van der Waals surface area contributed by atoms with Crippen molar-refractivity contribution in [2.45, 2.75) is 26.9 Å². The zero-order valence-corrected chi connectivity index (χ0v) is 17.6. The third kappa shape index (κ3) is 3.92. The second-order valence-corrected chi connectivity index (χ2v) is 7.19. The molecule has 0 radical (unpaired) electrons. The molecule has 0 aliphatic heterocycles. The van der Waals surface area contributed by atoms with Crippen LogP contribution in [0.4, 0.5) is 0 Å². The molecule has 0 spiro atoms. The number of ether oxygens (including phenoxy) is 1. The number of carbonyl (C=O) groups is 1. The van der Waals surface area contributed by atoms with E-state index in [-0.39, 0.29) is 12.5 Å². The Hall–Kier alpha value is -3.94. The van der Waals surface area contributed by atoms with E-state index in [1.807, 2.05) is 68.4 Å². The van der Waals surface area contributed by atoms with Crippen LogP contribution in [0.2, 0.25) is 0 Å². The highest BCUT2D eigenvalue weighted by atomic mass is 16.5. The lowest BCUT2D eigenvalue weighted by Crippen LogP contribution is -2.34. The molecule has 4 rings (SSSR count). The van der Waals surface area contributed by atoms with Gasteiger partial charge in [-0.05, 0) is 32.0 Å². The zero-order chi connectivity index (χ0) is 22.0. The molecule has 8 nitrogen and oxygen atoms in total. The monoisotopic (exact) mass is 417 g/mol. The molecule has 0 aliphatic rings. The maximum atomic E-state index is 13.0. The molecule has 31 heavy (non-hydrogen) atoms. The Kier molecular flexibility index (Phi) is 5.53. The number of benzene rings is 2. The molecule has 2 aromatic heterocycles. The molecule has 4 aromatic rings. The number of fused-ring (bicyclic) bond motifs is 1. The van der Waals surface area contributed by atoms with Crippen LogP contribution in [0, 0.1) is 13.8 Å². The van der Waals surface area contributed by atoms with Crippen LogP contribution in [-0.2, 0) is 17.9 Å². The molecule has 1 N–H and O–H groups in total. The van der Waals surface area contributed by atoms with Crippen molar-refractivity contribution >= 4 is 16.8 Å². The molecule has 0 unspecified atom stereocenters. The number of amides is 1. The highest BCUT2D eigenvalue weighted by Crippen LogP contribution is 2.21. The van der Waals surface area contributed by atoms with Gasteiger partial charge in [-0.25, -0.2) is 9.36 Å². The van der Waals surface area contributed by atoms with E-state index in [1.54, 1.807) is 11.8 Å². The predicted octanol–water partition coefficient (Wildman–Crippen LogP) is 2.52. The van der Waals surface area contributed by atoms with Crippen LogP contribution in [0.15, 0.2) is 59.4 Å². The van der Waals surface area contributed by atoms with Crippen molar-refractivity contribution in [3.8, 4) is 11.4 Å². The molecule has 0 aliphatic carbocycles. The molecule has 158 valence electrons. The lowest BCUT2D eigenvalue weighted by Gasteiger charge is -2.10. The minimum Gasteiger partial charge on any atom is -0.496 e. The Bertz CT molecular complexity index is 1310. The van der Waals surface area contributed by atoms with Crippen LogP contribution in [0.3, 0.4) is 0 Å². The standard InChI is InChI=1S/C23H23N5O3/c1-15-21-16(2)28(18-10-5-4-6-11-18)26-22(21)23(30)27(25-15)14-20(29)24-13-17-9-7-8-12-19(17)31-3/h4-12H,13-14H2,1-3H3,(H,24,29). The van der Waals surface area contributed by atoms with E-state index in [1.165, 1.54) is 0 Å². The number of rotatable bonds is 6. The molecule has 0 fully saturated rings. The minimum absolute atomic E-state index is 0.192. The van der Waals surface area contributed by atoms with Crippen LogP contribution >= 0.6 is 0 Å². The van der Waals surface area contributed by atoms with Crippen LogP contribution < -0.4 is 15.6 Å². The second-order valence-electron chi connectivity index (χ2n) is 7.19. The second kappa shape index (κ2) is 8.43. The minimum atomic E-state index is -0.397. The molecule has 2 aromatic carbocycles. The van der Waals surface area contributed by atoms with E-state index in [9.17, 15) is 9.59 Å². The first-order valence-electron chi connectivity index (χ1n) is 9.90. The number of para-hydroxylation sites is 2. The molecular weight excluding hydrogens is 394 g/mol. The Morgan fingerprint density at radius 2 is 1.74 bits per heavy atom. The van der Waals surface area contributed by atoms with Crippen molar-refractivity contribution in [1.82, 2.24) is 24.9 Å². The van der Waals surface area contributed by atoms with Crippen molar-refractivity contribution in [3.05, 3.63) is 81.9 Å². The van der Waals surface area contributed by atoms with Crippen molar-refractivity contribution in [2.75, 3.05) is 7.11 Å². The van der Waals surface area contributed by atoms with E-state index >= 15 is 0 Å². The number of methoxy groups -OCH3 is 1. The van der Waals surface area contributed by atoms with Crippen molar-refractivity contribution in [2.24, 2.45) is 0 Å². The van der Waals surface area contributed by atoms with Gasteiger partial charge >= 0.3 is 0 Å². The maximum Gasteiger partial charge on any atom is 0.295 e. The van der Waals surface area contributed by atoms with E-state index in [0.29, 0.717) is 28.9 Å². The van der Waals surface area contributed by atoms with Gasteiger partial charge in [-0.15, -0.1) is 0 Å². The molecule has 0 bridgehead atoms. The number of carbonyl (C=O) groups excluding carboxylic acids is 1.